The predicted octanol–water partition coefficient (Wildman–Crippen LogP) is 3.92. The number of halogens is 1. The van der Waals surface area contributed by atoms with Crippen molar-refractivity contribution in [1.82, 2.24) is 9.80 Å². The van der Waals surface area contributed by atoms with Gasteiger partial charge in [0.05, 0.1) is 0 Å². The zero-order valence-electron chi connectivity index (χ0n) is 16.8. The van der Waals surface area contributed by atoms with Crippen LogP contribution >= 0.6 is 0 Å². The fraction of sp³-hybridized carbons (Fsp3) is 0.333. The number of hydrogen-bond donors (Lipinski definition) is 0. The van der Waals surface area contributed by atoms with Crippen molar-refractivity contribution in [2.75, 3.05) is 26.2 Å². The maximum absolute atomic E-state index is 13.0. The third-order valence-electron chi connectivity index (χ3n) is 5.28. The van der Waals surface area contributed by atoms with E-state index in [1.807, 2.05) is 30.0 Å². The number of piperazine rings is 1. The Bertz CT molecular complexity index is 854. The number of rotatable bonds is 6. The van der Waals surface area contributed by atoms with E-state index in [0.29, 0.717) is 32.6 Å². The van der Waals surface area contributed by atoms with Crippen LogP contribution in [0.1, 0.15) is 30.9 Å². The largest absolute Gasteiger partial charge is 0.339 e. The summed E-state index contributed by atoms with van der Waals surface area (Å²) in [7, 11) is 0. The molecule has 1 aliphatic rings. The molecule has 0 bridgehead atoms. The van der Waals surface area contributed by atoms with Gasteiger partial charge in [0.15, 0.2) is 0 Å². The molecule has 0 saturated carbocycles. The molecule has 4 nitrogen and oxygen atoms in total. The molecule has 1 saturated heterocycles. The maximum Gasteiger partial charge on any atom is 0.246 e. The van der Waals surface area contributed by atoms with Crippen molar-refractivity contribution in [2.45, 2.75) is 26.2 Å². The maximum atomic E-state index is 13.0. The molecule has 0 aliphatic carbocycles. The molecule has 2 amide bonds. The summed E-state index contributed by atoms with van der Waals surface area (Å²) in [5, 5.41) is 0. The first-order valence-corrected chi connectivity index (χ1v) is 10.1. The SMILES string of the molecule is C/C(=C/C(=O)N1CCN(C(=O)CCCc2ccccc2)CC1)c1ccc(F)cc1. The molecule has 0 atom stereocenters. The number of carbonyl (C=O) groups is 2. The predicted molar refractivity (Wildman–Crippen MR) is 113 cm³/mol. The summed E-state index contributed by atoms with van der Waals surface area (Å²) in [5.41, 5.74) is 2.88. The van der Waals surface area contributed by atoms with Crippen LogP contribution in [0.25, 0.3) is 5.57 Å². The molecule has 0 N–H and O–H groups in total. The molecular formula is C24H27FN2O2. The van der Waals surface area contributed by atoms with Crippen molar-refractivity contribution in [1.29, 1.82) is 0 Å². The number of benzene rings is 2. The Balaban J connectivity index is 1.44. The second-order valence-corrected chi connectivity index (χ2v) is 7.38. The number of amides is 2. The van der Waals surface area contributed by atoms with E-state index in [-0.39, 0.29) is 17.6 Å². The van der Waals surface area contributed by atoms with Gasteiger partial charge in [0.25, 0.3) is 0 Å². The van der Waals surface area contributed by atoms with Crippen molar-refractivity contribution < 1.29 is 14.0 Å². The molecule has 0 spiro atoms. The molecule has 1 fully saturated rings. The van der Waals surface area contributed by atoms with E-state index in [0.717, 1.165) is 24.0 Å². The first kappa shape index (κ1) is 20.8. The number of hydrogen-bond acceptors (Lipinski definition) is 2. The third kappa shape index (κ3) is 6.01. The summed E-state index contributed by atoms with van der Waals surface area (Å²) < 4.78 is 13.0. The van der Waals surface area contributed by atoms with Gasteiger partial charge in [-0.25, -0.2) is 4.39 Å². The van der Waals surface area contributed by atoms with E-state index in [1.54, 1.807) is 23.1 Å². The highest BCUT2D eigenvalue weighted by molar-refractivity contribution is 5.95. The van der Waals surface area contributed by atoms with Crippen LogP contribution in [0, 0.1) is 5.82 Å². The van der Waals surface area contributed by atoms with Crippen molar-refractivity contribution in [3.63, 3.8) is 0 Å². The van der Waals surface area contributed by atoms with Gasteiger partial charge in [0.2, 0.25) is 11.8 Å². The van der Waals surface area contributed by atoms with E-state index in [4.69, 9.17) is 0 Å². The number of aryl methyl sites for hydroxylation is 1. The standard InChI is InChI=1S/C24H27FN2O2/c1-19(21-10-12-22(25)13-11-21)18-24(29)27-16-14-26(15-17-27)23(28)9-5-8-20-6-3-2-4-7-20/h2-4,6-7,10-13,18H,5,8-9,14-17H2,1H3/b19-18-. The molecule has 0 aromatic heterocycles. The first-order chi connectivity index (χ1) is 14.0. The topological polar surface area (TPSA) is 40.6 Å². The first-order valence-electron chi connectivity index (χ1n) is 10.1. The van der Waals surface area contributed by atoms with Crippen molar-refractivity contribution in [2.24, 2.45) is 0 Å². The fourth-order valence-electron chi connectivity index (χ4n) is 3.50. The Morgan fingerprint density at radius 2 is 1.55 bits per heavy atom. The Hall–Kier alpha value is -2.95. The average Bonchev–Trinajstić information content (AvgIpc) is 2.75. The highest BCUT2D eigenvalue weighted by atomic mass is 19.1. The number of carbonyl (C=O) groups excluding carboxylic acids is 2. The molecule has 29 heavy (non-hydrogen) atoms. The smallest absolute Gasteiger partial charge is 0.246 e. The summed E-state index contributed by atoms with van der Waals surface area (Å²) in [6.07, 6.45) is 3.86. The lowest BCUT2D eigenvalue weighted by atomic mass is 10.1. The van der Waals surface area contributed by atoms with Crippen LogP contribution in [-0.2, 0) is 16.0 Å². The van der Waals surface area contributed by atoms with Crippen LogP contribution in [0.2, 0.25) is 0 Å². The fourth-order valence-corrected chi connectivity index (χ4v) is 3.50. The van der Waals surface area contributed by atoms with E-state index in [1.165, 1.54) is 17.7 Å². The van der Waals surface area contributed by atoms with Crippen LogP contribution in [0.3, 0.4) is 0 Å². The zero-order valence-corrected chi connectivity index (χ0v) is 16.8. The van der Waals surface area contributed by atoms with Crippen molar-refractivity contribution in [3.8, 4) is 0 Å². The Morgan fingerprint density at radius 3 is 2.21 bits per heavy atom. The molecule has 0 radical (unpaired) electrons. The summed E-state index contributed by atoms with van der Waals surface area (Å²) >= 11 is 0. The Kier molecular flexibility index (Phi) is 7.17. The van der Waals surface area contributed by atoms with Gasteiger partial charge in [-0.2, -0.15) is 0 Å². The summed E-state index contributed by atoms with van der Waals surface area (Å²) in [6, 6.07) is 16.3. The molecule has 1 aliphatic heterocycles. The molecular weight excluding hydrogens is 367 g/mol. The van der Waals surface area contributed by atoms with Gasteiger partial charge < -0.3 is 9.80 Å². The zero-order chi connectivity index (χ0) is 20.6. The quantitative estimate of drug-likeness (QED) is 0.697. The lowest BCUT2D eigenvalue weighted by Gasteiger charge is -2.34. The number of nitrogens with zero attached hydrogens (tertiary/aromatic N) is 2. The molecule has 3 rings (SSSR count). The lowest BCUT2D eigenvalue weighted by Crippen LogP contribution is -2.50. The normalized spacial score (nSPS) is 14.8. The Labute approximate surface area is 171 Å². The van der Waals surface area contributed by atoms with Crippen LogP contribution in [-0.4, -0.2) is 47.8 Å². The second kappa shape index (κ2) is 10.0. The average molecular weight is 394 g/mol. The van der Waals surface area contributed by atoms with Crippen LogP contribution in [0.15, 0.2) is 60.7 Å². The van der Waals surface area contributed by atoms with E-state index < -0.39 is 0 Å². The third-order valence-corrected chi connectivity index (χ3v) is 5.28. The minimum Gasteiger partial charge on any atom is -0.339 e. The van der Waals surface area contributed by atoms with E-state index in [9.17, 15) is 14.0 Å². The second-order valence-electron chi connectivity index (χ2n) is 7.38. The van der Waals surface area contributed by atoms with E-state index in [2.05, 4.69) is 12.1 Å². The van der Waals surface area contributed by atoms with Gasteiger partial charge in [0, 0.05) is 38.7 Å². The van der Waals surface area contributed by atoms with Gasteiger partial charge in [-0.15, -0.1) is 0 Å². The summed E-state index contributed by atoms with van der Waals surface area (Å²) in [5.74, 6) is -0.202. The van der Waals surface area contributed by atoms with Gasteiger partial charge in [0.1, 0.15) is 5.82 Å². The monoisotopic (exact) mass is 394 g/mol. The van der Waals surface area contributed by atoms with Gasteiger partial charge >= 0.3 is 0 Å². The van der Waals surface area contributed by atoms with Crippen LogP contribution < -0.4 is 0 Å². The molecule has 152 valence electrons. The van der Waals surface area contributed by atoms with Gasteiger partial charge in [-0.1, -0.05) is 42.5 Å². The van der Waals surface area contributed by atoms with Crippen LogP contribution in [0.5, 0.6) is 0 Å². The summed E-state index contributed by atoms with van der Waals surface area (Å²) in [6.45, 7) is 4.06. The van der Waals surface area contributed by atoms with Gasteiger partial charge in [-0.05, 0) is 48.6 Å². The lowest BCUT2D eigenvalue weighted by molar-refractivity contribution is -0.137. The van der Waals surface area contributed by atoms with Crippen molar-refractivity contribution in [3.05, 3.63) is 77.6 Å². The molecule has 5 heteroatoms. The molecule has 1 heterocycles. The molecule has 2 aromatic carbocycles. The number of allylic oxidation sites excluding steroid dienone is 1. The Morgan fingerprint density at radius 1 is 0.931 bits per heavy atom. The molecule has 0 unspecified atom stereocenters. The van der Waals surface area contributed by atoms with Crippen molar-refractivity contribution >= 4 is 17.4 Å². The highest BCUT2D eigenvalue weighted by Crippen LogP contribution is 2.15. The van der Waals surface area contributed by atoms with E-state index >= 15 is 0 Å². The minimum absolute atomic E-state index is 0.0667. The minimum atomic E-state index is -0.294. The molecule has 2 aromatic rings. The van der Waals surface area contributed by atoms with Crippen LogP contribution in [0.4, 0.5) is 4.39 Å². The van der Waals surface area contributed by atoms with Gasteiger partial charge in [-0.3, -0.25) is 9.59 Å². The summed E-state index contributed by atoms with van der Waals surface area (Å²) in [4.78, 5) is 28.6. The highest BCUT2D eigenvalue weighted by Gasteiger charge is 2.23.